The number of aromatic carboxylic acids is 2. The van der Waals surface area contributed by atoms with Crippen molar-refractivity contribution in [1.82, 2.24) is 0 Å². The minimum atomic E-state index is -1.12. The molecule has 0 aliphatic heterocycles. The van der Waals surface area contributed by atoms with Crippen LogP contribution in [0.3, 0.4) is 0 Å². The number of esters is 2. The van der Waals surface area contributed by atoms with E-state index in [2.05, 4.69) is 0 Å². The molecule has 0 amide bonds. The first kappa shape index (κ1) is 28.8. The SMILES string of the molecule is CC(OCC1CCC(COC(C)OC(=O)c2cccc(C(=O)O)c2)CC1)OC(=O)c1cccc(C(=O)O)c1. The lowest BCUT2D eigenvalue weighted by Gasteiger charge is -2.29. The van der Waals surface area contributed by atoms with Gasteiger partial charge in [0.1, 0.15) is 0 Å². The maximum Gasteiger partial charge on any atom is 0.340 e. The molecular weight excluding hydrogens is 496 g/mol. The summed E-state index contributed by atoms with van der Waals surface area (Å²) in [7, 11) is 0. The van der Waals surface area contributed by atoms with Crippen LogP contribution in [-0.4, -0.2) is 59.9 Å². The van der Waals surface area contributed by atoms with E-state index in [-0.39, 0.29) is 22.3 Å². The average Bonchev–Trinajstić information content (AvgIpc) is 2.91. The molecule has 1 aliphatic carbocycles. The number of ether oxygens (including phenoxy) is 4. The highest BCUT2D eigenvalue weighted by atomic mass is 16.7. The number of hydrogen-bond acceptors (Lipinski definition) is 8. The van der Waals surface area contributed by atoms with Crippen LogP contribution in [0.4, 0.5) is 0 Å². The molecule has 0 bridgehead atoms. The van der Waals surface area contributed by atoms with E-state index in [1.54, 1.807) is 13.8 Å². The van der Waals surface area contributed by atoms with Crippen LogP contribution in [0.25, 0.3) is 0 Å². The van der Waals surface area contributed by atoms with Gasteiger partial charge in [0, 0.05) is 0 Å². The third kappa shape index (κ3) is 8.67. The van der Waals surface area contributed by atoms with Crippen molar-refractivity contribution in [2.45, 2.75) is 52.1 Å². The minimum absolute atomic E-state index is 0.00633. The topological polar surface area (TPSA) is 146 Å². The molecule has 0 aromatic heterocycles. The summed E-state index contributed by atoms with van der Waals surface area (Å²) >= 11 is 0. The molecule has 2 aromatic carbocycles. The molecule has 1 aliphatic rings. The van der Waals surface area contributed by atoms with Gasteiger partial charge in [-0.1, -0.05) is 12.1 Å². The number of benzene rings is 2. The van der Waals surface area contributed by atoms with Gasteiger partial charge < -0.3 is 29.2 Å². The number of carbonyl (C=O) groups excluding carboxylic acids is 2. The molecule has 2 aromatic rings. The highest BCUT2D eigenvalue weighted by molar-refractivity contribution is 5.95. The summed E-state index contributed by atoms with van der Waals surface area (Å²) in [6.45, 7) is 4.11. The van der Waals surface area contributed by atoms with Crippen molar-refractivity contribution in [3.8, 4) is 0 Å². The fraction of sp³-hybridized carbons (Fsp3) is 0.429. The Morgan fingerprint density at radius 1 is 0.684 bits per heavy atom. The van der Waals surface area contributed by atoms with Crippen molar-refractivity contribution in [2.24, 2.45) is 11.8 Å². The molecule has 1 saturated carbocycles. The molecule has 10 heteroatoms. The zero-order valence-corrected chi connectivity index (χ0v) is 21.3. The van der Waals surface area contributed by atoms with Crippen LogP contribution in [0, 0.1) is 11.8 Å². The lowest BCUT2D eigenvalue weighted by Crippen LogP contribution is -2.27. The Bertz CT molecular complexity index is 1050. The molecule has 0 heterocycles. The average molecular weight is 529 g/mol. The summed E-state index contributed by atoms with van der Waals surface area (Å²) < 4.78 is 22.0. The van der Waals surface area contributed by atoms with E-state index >= 15 is 0 Å². The summed E-state index contributed by atoms with van der Waals surface area (Å²) in [5.41, 5.74) is 0.308. The summed E-state index contributed by atoms with van der Waals surface area (Å²) in [5, 5.41) is 18.1. The largest absolute Gasteiger partial charge is 0.478 e. The van der Waals surface area contributed by atoms with E-state index in [4.69, 9.17) is 29.2 Å². The van der Waals surface area contributed by atoms with Crippen molar-refractivity contribution in [2.75, 3.05) is 13.2 Å². The second-order valence-corrected chi connectivity index (χ2v) is 9.27. The molecule has 1 fully saturated rings. The highest BCUT2D eigenvalue weighted by Crippen LogP contribution is 2.30. The van der Waals surface area contributed by atoms with Crippen LogP contribution in [0.2, 0.25) is 0 Å². The zero-order valence-electron chi connectivity index (χ0n) is 21.3. The number of hydrogen-bond donors (Lipinski definition) is 2. The van der Waals surface area contributed by atoms with E-state index in [1.165, 1.54) is 48.5 Å². The summed E-state index contributed by atoms with van der Waals surface area (Å²) in [4.78, 5) is 46.7. The third-order valence-electron chi connectivity index (χ3n) is 6.34. The van der Waals surface area contributed by atoms with Gasteiger partial charge in [-0.25, -0.2) is 19.2 Å². The van der Waals surface area contributed by atoms with Crippen LogP contribution < -0.4 is 0 Å². The number of rotatable bonds is 12. The third-order valence-corrected chi connectivity index (χ3v) is 6.34. The Balaban J connectivity index is 1.33. The smallest absolute Gasteiger partial charge is 0.340 e. The molecular formula is C28H32O10. The molecule has 2 atom stereocenters. The Labute approximate surface area is 220 Å². The fourth-order valence-electron chi connectivity index (χ4n) is 4.17. The minimum Gasteiger partial charge on any atom is -0.478 e. The van der Waals surface area contributed by atoms with E-state index < -0.39 is 36.5 Å². The summed E-state index contributed by atoms with van der Waals surface area (Å²) in [5.74, 6) is -2.93. The second kappa shape index (κ2) is 13.7. The van der Waals surface area contributed by atoms with E-state index in [9.17, 15) is 19.2 Å². The maximum atomic E-state index is 12.3. The van der Waals surface area contributed by atoms with Crippen LogP contribution >= 0.6 is 0 Å². The van der Waals surface area contributed by atoms with Gasteiger partial charge in [0.25, 0.3) is 0 Å². The first-order chi connectivity index (χ1) is 18.1. The quantitative estimate of drug-likeness (QED) is 0.295. The van der Waals surface area contributed by atoms with Crippen LogP contribution in [-0.2, 0) is 18.9 Å². The Morgan fingerprint density at radius 2 is 1.03 bits per heavy atom. The van der Waals surface area contributed by atoms with Crippen molar-refractivity contribution in [3.63, 3.8) is 0 Å². The molecule has 0 radical (unpaired) electrons. The predicted molar refractivity (Wildman–Crippen MR) is 134 cm³/mol. The summed E-state index contributed by atoms with van der Waals surface area (Å²) in [6, 6.07) is 11.3. The standard InChI is InChI=1S/C28H32O10/c1-17(37-27(33)23-7-3-5-21(13-23)25(29)30)35-15-19-9-11-20(12-10-19)16-36-18(2)38-28(34)24-8-4-6-22(14-24)26(31)32/h3-8,13-14,17-20H,9-12,15-16H2,1-2H3,(H,29,30)(H,31,32). The Morgan fingerprint density at radius 3 is 1.37 bits per heavy atom. The van der Waals surface area contributed by atoms with Crippen LogP contribution in [0.1, 0.15) is 81.0 Å². The lowest BCUT2D eigenvalue weighted by molar-refractivity contribution is -0.119. The van der Waals surface area contributed by atoms with E-state index in [0.29, 0.717) is 25.0 Å². The molecule has 2 N–H and O–H groups in total. The van der Waals surface area contributed by atoms with Crippen molar-refractivity contribution >= 4 is 23.9 Å². The van der Waals surface area contributed by atoms with Crippen LogP contribution in [0.5, 0.6) is 0 Å². The summed E-state index contributed by atoms with van der Waals surface area (Å²) in [6.07, 6.45) is 2.08. The van der Waals surface area contributed by atoms with Gasteiger partial charge in [-0.3, -0.25) is 0 Å². The lowest BCUT2D eigenvalue weighted by atomic mass is 9.83. The molecule has 0 spiro atoms. The number of carbonyl (C=O) groups is 4. The van der Waals surface area contributed by atoms with Gasteiger partial charge in [0.2, 0.25) is 0 Å². The van der Waals surface area contributed by atoms with E-state index in [0.717, 1.165) is 25.7 Å². The fourth-order valence-corrected chi connectivity index (χ4v) is 4.17. The van der Waals surface area contributed by atoms with Gasteiger partial charge in [0.05, 0.1) is 35.5 Å². The first-order valence-electron chi connectivity index (χ1n) is 12.4. The number of carboxylic acids is 2. The molecule has 38 heavy (non-hydrogen) atoms. The van der Waals surface area contributed by atoms with Gasteiger partial charge in [-0.15, -0.1) is 0 Å². The highest BCUT2D eigenvalue weighted by Gasteiger charge is 2.24. The maximum absolute atomic E-state index is 12.3. The van der Waals surface area contributed by atoms with Gasteiger partial charge in [-0.05, 0) is 87.8 Å². The van der Waals surface area contributed by atoms with E-state index in [1.807, 2.05) is 0 Å². The Kier molecular flexibility index (Phi) is 10.4. The first-order valence-corrected chi connectivity index (χ1v) is 12.4. The molecule has 0 saturated heterocycles. The van der Waals surface area contributed by atoms with Crippen molar-refractivity contribution in [1.29, 1.82) is 0 Å². The molecule has 2 unspecified atom stereocenters. The second-order valence-electron chi connectivity index (χ2n) is 9.27. The Hall–Kier alpha value is -3.76. The molecule has 10 nitrogen and oxygen atoms in total. The van der Waals surface area contributed by atoms with Crippen LogP contribution in [0.15, 0.2) is 48.5 Å². The van der Waals surface area contributed by atoms with Crippen molar-refractivity contribution < 1.29 is 48.3 Å². The normalized spacial score (nSPS) is 18.7. The van der Waals surface area contributed by atoms with Crippen molar-refractivity contribution in [3.05, 3.63) is 70.8 Å². The van der Waals surface area contributed by atoms with Gasteiger partial charge >= 0.3 is 23.9 Å². The van der Waals surface area contributed by atoms with Gasteiger partial charge in [-0.2, -0.15) is 0 Å². The predicted octanol–water partition coefficient (Wildman–Crippen LogP) is 4.63. The molecule has 204 valence electrons. The zero-order chi connectivity index (χ0) is 27.7. The van der Waals surface area contributed by atoms with Gasteiger partial charge in [0.15, 0.2) is 12.6 Å². The molecule has 3 rings (SSSR count). The monoisotopic (exact) mass is 528 g/mol. The number of carboxylic acid groups (broad SMARTS) is 2.